The molecular formula is C23H20N2O6. The molecule has 0 aliphatic carbocycles. The van der Waals surface area contributed by atoms with Gasteiger partial charge < -0.3 is 19.1 Å². The highest BCUT2D eigenvalue weighted by Crippen LogP contribution is 2.44. The summed E-state index contributed by atoms with van der Waals surface area (Å²) in [6.45, 7) is 1.68. The van der Waals surface area contributed by atoms with Crippen molar-refractivity contribution in [2.75, 3.05) is 19.1 Å². The standard InChI is InChI=1S/C23H20N2O6/c1-13-11-18(24-31-13)25-20(16-9-4-5-10-17(16)30-3)19(22(27)23(25)28)21(26)14-7-6-8-15(12-14)29-2/h4-12,20,26H,1-3H3/t20-/m0/s1. The molecule has 1 aliphatic heterocycles. The molecule has 2 aromatic carbocycles. The Morgan fingerprint density at radius 1 is 1.06 bits per heavy atom. The number of Topliss-reactive ketones (excluding diaryl/α,β-unsaturated/α-hetero) is 1. The lowest BCUT2D eigenvalue weighted by atomic mass is 9.94. The number of aliphatic hydroxyl groups excluding tert-OH is 1. The maximum atomic E-state index is 13.1. The second kappa shape index (κ2) is 7.98. The molecule has 1 N–H and O–H groups in total. The predicted octanol–water partition coefficient (Wildman–Crippen LogP) is 3.63. The fourth-order valence-electron chi connectivity index (χ4n) is 3.65. The highest BCUT2D eigenvalue weighted by atomic mass is 16.5. The maximum Gasteiger partial charge on any atom is 0.301 e. The van der Waals surface area contributed by atoms with Crippen molar-refractivity contribution in [1.29, 1.82) is 0 Å². The zero-order chi connectivity index (χ0) is 22.1. The van der Waals surface area contributed by atoms with Crippen LogP contribution in [-0.4, -0.2) is 36.2 Å². The first kappa shape index (κ1) is 20.2. The van der Waals surface area contributed by atoms with Gasteiger partial charge in [-0.2, -0.15) is 0 Å². The first-order valence-electron chi connectivity index (χ1n) is 9.48. The SMILES string of the molecule is COc1cccc(C(O)=C2C(=O)C(=O)N(c3cc(C)on3)[C@H]2c2ccccc2OC)c1. The number of amides is 1. The van der Waals surface area contributed by atoms with Gasteiger partial charge in [0.25, 0.3) is 5.78 Å². The number of methoxy groups -OCH3 is 2. The third-order valence-electron chi connectivity index (χ3n) is 5.08. The second-order valence-corrected chi connectivity index (χ2v) is 6.94. The van der Waals surface area contributed by atoms with E-state index in [-0.39, 0.29) is 17.2 Å². The molecule has 4 rings (SSSR count). The number of rotatable bonds is 5. The van der Waals surface area contributed by atoms with Crippen molar-refractivity contribution < 1.29 is 28.7 Å². The van der Waals surface area contributed by atoms with Gasteiger partial charge in [-0.25, -0.2) is 0 Å². The third-order valence-corrected chi connectivity index (χ3v) is 5.08. The van der Waals surface area contributed by atoms with Crippen LogP contribution in [0.15, 0.2) is 64.7 Å². The number of carbonyl (C=O) groups is 2. The van der Waals surface area contributed by atoms with E-state index in [0.717, 1.165) is 0 Å². The molecule has 0 bridgehead atoms. The van der Waals surface area contributed by atoms with Crippen LogP contribution in [0.5, 0.6) is 11.5 Å². The lowest BCUT2D eigenvalue weighted by Gasteiger charge is -2.24. The number of aromatic nitrogens is 1. The van der Waals surface area contributed by atoms with E-state index in [1.54, 1.807) is 61.5 Å². The Labute approximate surface area is 178 Å². The average Bonchev–Trinajstić information content (AvgIpc) is 3.33. The third kappa shape index (κ3) is 3.42. The number of ether oxygens (including phenoxy) is 2. The second-order valence-electron chi connectivity index (χ2n) is 6.94. The molecule has 1 saturated heterocycles. The minimum atomic E-state index is -0.966. The van der Waals surface area contributed by atoms with E-state index >= 15 is 0 Å². The average molecular weight is 420 g/mol. The van der Waals surface area contributed by atoms with E-state index in [2.05, 4.69) is 5.16 Å². The van der Waals surface area contributed by atoms with Crippen LogP contribution in [0.25, 0.3) is 5.76 Å². The number of hydrogen-bond donors (Lipinski definition) is 1. The van der Waals surface area contributed by atoms with Crippen LogP contribution in [0.1, 0.15) is 22.9 Å². The summed E-state index contributed by atoms with van der Waals surface area (Å²) in [4.78, 5) is 27.4. The quantitative estimate of drug-likeness (QED) is 0.382. The van der Waals surface area contributed by atoms with Crippen molar-refractivity contribution in [3.8, 4) is 11.5 Å². The smallest absolute Gasteiger partial charge is 0.301 e. The Morgan fingerprint density at radius 2 is 1.84 bits per heavy atom. The molecule has 0 spiro atoms. The van der Waals surface area contributed by atoms with Crippen molar-refractivity contribution in [1.82, 2.24) is 5.16 Å². The largest absolute Gasteiger partial charge is 0.507 e. The Balaban J connectivity index is 1.98. The molecular weight excluding hydrogens is 400 g/mol. The van der Waals surface area contributed by atoms with Gasteiger partial charge >= 0.3 is 5.91 Å². The molecule has 158 valence electrons. The fraction of sp³-hybridized carbons (Fsp3) is 0.174. The number of hydrogen-bond acceptors (Lipinski definition) is 7. The zero-order valence-electron chi connectivity index (χ0n) is 17.2. The van der Waals surface area contributed by atoms with Gasteiger partial charge in [-0.1, -0.05) is 35.5 Å². The van der Waals surface area contributed by atoms with Crippen LogP contribution in [0, 0.1) is 6.92 Å². The summed E-state index contributed by atoms with van der Waals surface area (Å²) < 4.78 is 15.8. The highest BCUT2D eigenvalue weighted by molar-refractivity contribution is 6.51. The Kier molecular flexibility index (Phi) is 5.21. The summed E-state index contributed by atoms with van der Waals surface area (Å²) in [7, 11) is 2.99. The topological polar surface area (TPSA) is 102 Å². The summed E-state index contributed by atoms with van der Waals surface area (Å²) in [6.07, 6.45) is 0. The van der Waals surface area contributed by atoms with Crippen molar-refractivity contribution in [3.05, 3.63) is 77.1 Å². The van der Waals surface area contributed by atoms with Gasteiger partial charge in [-0.15, -0.1) is 0 Å². The van der Waals surface area contributed by atoms with E-state index in [0.29, 0.717) is 28.4 Å². The van der Waals surface area contributed by atoms with E-state index in [4.69, 9.17) is 14.0 Å². The van der Waals surface area contributed by atoms with Crippen molar-refractivity contribution in [3.63, 3.8) is 0 Å². The van der Waals surface area contributed by atoms with Gasteiger partial charge in [0.15, 0.2) is 5.82 Å². The molecule has 2 heterocycles. The Morgan fingerprint density at radius 3 is 2.52 bits per heavy atom. The Hall–Kier alpha value is -4.07. The van der Waals surface area contributed by atoms with Gasteiger partial charge in [0.05, 0.1) is 19.8 Å². The monoisotopic (exact) mass is 420 g/mol. The molecule has 31 heavy (non-hydrogen) atoms. The molecule has 1 aliphatic rings. The molecule has 8 nitrogen and oxygen atoms in total. The number of ketones is 1. The van der Waals surface area contributed by atoms with Crippen LogP contribution in [0.3, 0.4) is 0 Å². The summed E-state index contributed by atoms with van der Waals surface area (Å²) >= 11 is 0. The minimum Gasteiger partial charge on any atom is -0.507 e. The molecule has 1 atom stereocenters. The molecule has 1 amide bonds. The van der Waals surface area contributed by atoms with E-state index in [1.165, 1.54) is 19.1 Å². The lowest BCUT2D eigenvalue weighted by molar-refractivity contribution is -0.132. The van der Waals surface area contributed by atoms with Crippen LogP contribution < -0.4 is 14.4 Å². The van der Waals surface area contributed by atoms with E-state index < -0.39 is 17.7 Å². The number of benzene rings is 2. The fourth-order valence-corrected chi connectivity index (χ4v) is 3.65. The predicted molar refractivity (Wildman–Crippen MR) is 112 cm³/mol. The highest BCUT2D eigenvalue weighted by Gasteiger charge is 2.49. The van der Waals surface area contributed by atoms with Gasteiger partial charge in [-0.05, 0) is 25.1 Å². The molecule has 1 aromatic heterocycles. The van der Waals surface area contributed by atoms with Crippen molar-refractivity contribution in [2.24, 2.45) is 0 Å². The zero-order valence-corrected chi connectivity index (χ0v) is 17.2. The van der Waals surface area contributed by atoms with Crippen LogP contribution in [-0.2, 0) is 9.59 Å². The maximum absolute atomic E-state index is 13.1. The van der Waals surface area contributed by atoms with Gasteiger partial charge in [0.1, 0.15) is 29.1 Å². The Bertz CT molecular complexity index is 1200. The number of carbonyl (C=O) groups excluding carboxylic acids is 2. The molecule has 3 aromatic rings. The lowest BCUT2D eigenvalue weighted by Crippen LogP contribution is -2.29. The molecule has 0 saturated carbocycles. The molecule has 8 heteroatoms. The van der Waals surface area contributed by atoms with Crippen LogP contribution >= 0.6 is 0 Å². The summed E-state index contributed by atoms with van der Waals surface area (Å²) in [5.74, 6) is -0.388. The number of para-hydroxylation sites is 1. The van der Waals surface area contributed by atoms with Crippen LogP contribution in [0.4, 0.5) is 5.82 Å². The number of nitrogens with zero attached hydrogens (tertiary/aromatic N) is 2. The first-order chi connectivity index (χ1) is 15.0. The summed E-state index contributed by atoms with van der Waals surface area (Å²) in [6, 6.07) is 14.2. The first-order valence-corrected chi connectivity index (χ1v) is 9.48. The normalized spacial score (nSPS) is 17.8. The van der Waals surface area contributed by atoms with E-state index in [1.807, 2.05) is 0 Å². The minimum absolute atomic E-state index is 0.0802. The molecule has 1 fully saturated rings. The van der Waals surface area contributed by atoms with Crippen LogP contribution in [0.2, 0.25) is 0 Å². The number of anilines is 1. The number of aryl methyl sites for hydroxylation is 1. The summed E-state index contributed by atoms with van der Waals surface area (Å²) in [5.41, 5.74) is 0.784. The molecule has 0 radical (unpaired) electrons. The van der Waals surface area contributed by atoms with Gasteiger partial charge in [0.2, 0.25) is 0 Å². The summed E-state index contributed by atoms with van der Waals surface area (Å²) in [5, 5.41) is 15.1. The van der Waals surface area contributed by atoms with Crippen molar-refractivity contribution >= 4 is 23.3 Å². The van der Waals surface area contributed by atoms with Gasteiger partial charge in [-0.3, -0.25) is 14.5 Å². The number of aliphatic hydroxyl groups is 1. The van der Waals surface area contributed by atoms with Gasteiger partial charge in [0, 0.05) is 17.2 Å². The van der Waals surface area contributed by atoms with E-state index in [9.17, 15) is 14.7 Å². The molecule has 0 unspecified atom stereocenters. The van der Waals surface area contributed by atoms with Crippen molar-refractivity contribution in [2.45, 2.75) is 13.0 Å².